The zero-order chi connectivity index (χ0) is 17.7. The molecule has 0 saturated heterocycles. The lowest BCUT2D eigenvalue weighted by atomic mass is 9.90. The van der Waals surface area contributed by atoms with Gasteiger partial charge >= 0.3 is 6.18 Å². The van der Waals surface area contributed by atoms with Gasteiger partial charge in [-0.1, -0.05) is 48.5 Å². The van der Waals surface area contributed by atoms with E-state index in [0.29, 0.717) is 11.1 Å². The predicted molar refractivity (Wildman–Crippen MR) is 85.1 cm³/mol. The SMILES string of the molecule is NC(N)=NC(=O)C(Cc1cccc(C(F)(F)F)c1)c1ccccc1. The van der Waals surface area contributed by atoms with E-state index in [1.165, 1.54) is 12.1 Å². The summed E-state index contributed by atoms with van der Waals surface area (Å²) in [5, 5.41) is 0. The first kappa shape index (κ1) is 17.5. The number of alkyl halides is 3. The second-order valence-corrected chi connectivity index (χ2v) is 5.24. The van der Waals surface area contributed by atoms with E-state index in [1.54, 1.807) is 30.3 Å². The second-order valence-electron chi connectivity index (χ2n) is 5.24. The minimum Gasteiger partial charge on any atom is -0.370 e. The standard InChI is InChI=1S/C17H16F3N3O/c18-17(19,20)13-8-4-5-11(9-13)10-14(15(24)23-16(21)22)12-6-2-1-3-7-12/h1-9,14H,10H2,(H4,21,22,23,24). The van der Waals surface area contributed by atoms with Gasteiger partial charge in [-0.15, -0.1) is 0 Å². The third-order valence-electron chi connectivity index (χ3n) is 3.43. The molecule has 2 aromatic carbocycles. The number of hydrogen-bond acceptors (Lipinski definition) is 1. The summed E-state index contributed by atoms with van der Waals surface area (Å²) < 4.78 is 38.5. The lowest BCUT2D eigenvalue weighted by Crippen LogP contribution is -2.26. The second kappa shape index (κ2) is 7.16. The summed E-state index contributed by atoms with van der Waals surface area (Å²) in [6.45, 7) is 0. The Balaban J connectivity index is 2.36. The molecule has 1 atom stereocenters. The van der Waals surface area contributed by atoms with E-state index in [-0.39, 0.29) is 12.4 Å². The van der Waals surface area contributed by atoms with Crippen molar-refractivity contribution in [2.75, 3.05) is 0 Å². The number of rotatable bonds is 4. The Morgan fingerprint density at radius 2 is 1.71 bits per heavy atom. The van der Waals surface area contributed by atoms with Gasteiger partial charge in [0, 0.05) is 0 Å². The van der Waals surface area contributed by atoms with E-state index in [4.69, 9.17) is 11.5 Å². The van der Waals surface area contributed by atoms with E-state index in [2.05, 4.69) is 4.99 Å². The highest BCUT2D eigenvalue weighted by Gasteiger charge is 2.31. The number of guanidine groups is 1. The van der Waals surface area contributed by atoms with E-state index in [9.17, 15) is 18.0 Å². The first-order valence-electron chi connectivity index (χ1n) is 7.12. The van der Waals surface area contributed by atoms with Gasteiger partial charge in [-0.2, -0.15) is 18.2 Å². The summed E-state index contributed by atoms with van der Waals surface area (Å²) in [5.74, 6) is -1.75. The van der Waals surface area contributed by atoms with Gasteiger partial charge in [0.05, 0.1) is 11.5 Å². The summed E-state index contributed by atoms with van der Waals surface area (Å²) in [6, 6.07) is 13.5. The molecule has 0 saturated carbocycles. The van der Waals surface area contributed by atoms with Crippen LogP contribution < -0.4 is 11.5 Å². The molecule has 0 aromatic heterocycles. The normalized spacial score (nSPS) is 12.5. The zero-order valence-electron chi connectivity index (χ0n) is 12.6. The van der Waals surface area contributed by atoms with Gasteiger partial charge in [0.2, 0.25) is 0 Å². The van der Waals surface area contributed by atoms with Crippen LogP contribution in [0.15, 0.2) is 59.6 Å². The van der Waals surface area contributed by atoms with Gasteiger partial charge in [-0.05, 0) is 23.6 Å². The fourth-order valence-electron chi connectivity index (χ4n) is 2.35. The molecule has 0 heterocycles. The Morgan fingerprint density at radius 3 is 2.29 bits per heavy atom. The van der Waals surface area contributed by atoms with Crippen LogP contribution >= 0.6 is 0 Å². The van der Waals surface area contributed by atoms with Crippen molar-refractivity contribution in [1.29, 1.82) is 0 Å². The summed E-state index contributed by atoms with van der Waals surface area (Å²) in [4.78, 5) is 15.8. The highest BCUT2D eigenvalue weighted by atomic mass is 19.4. The molecule has 126 valence electrons. The van der Waals surface area contributed by atoms with Crippen LogP contribution in [0, 0.1) is 0 Å². The molecule has 0 radical (unpaired) electrons. The van der Waals surface area contributed by atoms with Gasteiger partial charge in [-0.3, -0.25) is 4.79 Å². The van der Waals surface area contributed by atoms with Crippen molar-refractivity contribution in [2.45, 2.75) is 18.5 Å². The van der Waals surface area contributed by atoms with Crippen LogP contribution in [0.25, 0.3) is 0 Å². The maximum absolute atomic E-state index is 12.8. The molecule has 1 amide bonds. The number of nitrogens with two attached hydrogens (primary N) is 2. The fraction of sp³-hybridized carbons (Fsp3) is 0.176. The topological polar surface area (TPSA) is 81.5 Å². The summed E-state index contributed by atoms with van der Waals surface area (Å²) in [6.07, 6.45) is -4.38. The number of benzene rings is 2. The Morgan fingerprint density at radius 1 is 1.04 bits per heavy atom. The Labute approximate surface area is 137 Å². The summed E-state index contributed by atoms with van der Waals surface area (Å²) >= 11 is 0. The molecule has 0 bridgehead atoms. The lowest BCUT2D eigenvalue weighted by molar-refractivity contribution is -0.137. The van der Waals surface area contributed by atoms with Crippen molar-refractivity contribution in [1.82, 2.24) is 0 Å². The zero-order valence-corrected chi connectivity index (χ0v) is 12.6. The van der Waals surface area contributed by atoms with Crippen LogP contribution in [0.3, 0.4) is 0 Å². The maximum Gasteiger partial charge on any atom is 0.416 e. The van der Waals surface area contributed by atoms with Crippen LogP contribution in [0.1, 0.15) is 22.6 Å². The van der Waals surface area contributed by atoms with Gasteiger partial charge in [0.25, 0.3) is 5.91 Å². The minimum absolute atomic E-state index is 0.0591. The molecule has 0 spiro atoms. The van der Waals surface area contributed by atoms with Crippen LogP contribution in [0.2, 0.25) is 0 Å². The maximum atomic E-state index is 12.8. The molecule has 0 fully saturated rings. The van der Waals surface area contributed by atoms with Crippen molar-refractivity contribution in [2.24, 2.45) is 16.5 Å². The number of hydrogen-bond donors (Lipinski definition) is 2. The van der Waals surface area contributed by atoms with Gasteiger partial charge in [0.15, 0.2) is 5.96 Å². The number of aliphatic imine (C=N–C) groups is 1. The van der Waals surface area contributed by atoms with E-state index >= 15 is 0 Å². The largest absolute Gasteiger partial charge is 0.416 e. The van der Waals surface area contributed by atoms with Gasteiger partial charge in [-0.25, -0.2) is 0 Å². The molecule has 24 heavy (non-hydrogen) atoms. The molecule has 1 unspecified atom stereocenters. The molecule has 4 N–H and O–H groups in total. The molecule has 0 aliphatic carbocycles. The number of carbonyl (C=O) groups is 1. The number of carbonyl (C=O) groups excluding carboxylic acids is 1. The average Bonchev–Trinajstić information content (AvgIpc) is 2.52. The van der Waals surface area contributed by atoms with E-state index in [1.807, 2.05) is 0 Å². The summed E-state index contributed by atoms with van der Waals surface area (Å²) in [7, 11) is 0. The Bertz CT molecular complexity index is 738. The highest BCUT2D eigenvalue weighted by molar-refractivity contribution is 5.95. The average molecular weight is 335 g/mol. The Kier molecular flexibility index (Phi) is 5.23. The molecular weight excluding hydrogens is 319 g/mol. The smallest absolute Gasteiger partial charge is 0.370 e. The highest BCUT2D eigenvalue weighted by Crippen LogP contribution is 2.31. The third-order valence-corrected chi connectivity index (χ3v) is 3.43. The molecule has 0 aliphatic heterocycles. The van der Waals surface area contributed by atoms with Crippen LogP contribution in [0.4, 0.5) is 13.2 Å². The first-order chi connectivity index (χ1) is 11.3. The molecule has 2 aromatic rings. The van der Waals surface area contributed by atoms with Crippen molar-refractivity contribution in [3.63, 3.8) is 0 Å². The van der Waals surface area contributed by atoms with Gasteiger partial charge in [0.1, 0.15) is 0 Å². The minimum atomic E-state index is -4.44. The lowest BCUT2D eigenvalue weighted by Gasteiger charge is -2.15. The Hall–Kier alpha value is -2.83. The fourth-order valence-corrected chi connectivity index (χ4v) is 2.35. The number of nitrogens with zero attached hydrogens (tertiary/aromatic N) is 1. The molecule has 4 nitrogen and oxygen atoms in total. The van der Waals surface area contributed by atoms with Crippen LogP contribution in [-0.4, -0.2) is 11.9 Å². The molecule has 2 rings (SSSR count). The van der Waals surface area contributed by atoms with E-state index < -0.39 is 23.6 Å². The first-order valence-corrected chi connectivity index (χ1v) is 7.12. The van der Waals surface area contributed by atoms with Crippen molar-refractivity contribution in [3.8, 4) is 0 Å². The van der Waals surface area contributed by atoms with Crippen LogP contribution in [0.5, 0.6) is 0 Å². The number of halogens is 3. The monoisotopic (exact) mass is 335 g/mol. The quantitative estimate of drug-likeness (QED) is 0.666. The van der Waals surface area contributed by atoms with E-state index in [0.717, 1.165) is 12.1 Å². The number of amides is 1. The molecule has 0 aliphatic rings. The van der Waals surface area contributed by atoms with Crippen LogP contribution in [-0.2, 0) is 17.4 Å². The van der Waals surface area contributed by atoms with Crippen molar-refractivity contribution in [3.05, 3.63) is 71.3 Å². The summed E-state index contributed by atoms with van der Waals surface area (Å²) in [5.41, 5.74) is 10.7. The van der Waals surface area contributed by atoms with Gasteiger partial charge < -0.3 is 11.5 Å². The molecular formula is C17H16F3N3O. The predicted octanol–water partition coefficient (Wildman–Crippen LogP) is 2.83. The van der Waals surface area contributed by atoms with Crippen molar-refractivity contribution >= 4 is 11.9 Å². The van der Waals surface area contributed by atoms with Crippen molar-refractivity contribution < 1.29 is 18.0 Å². The molecule has 7 heteroatoms. The third kappa shape index (κ3) is 4.58.